The van der Waals surface area contributed by atoms with Crippen LogP contribution in [0.1, 0.15) is 39.5 Å². The fourth-order valence-corrected chi connectivity index (χ4v) is 3.09. The van der Waals surface area contributed by atoms with E-state index in [1.807, 2.05) is 0 Å². The lowest BCUT2D eigenvalue weighted by Gasteiger charge is -2.34. The van der Waals surface area contributed by atoms with Crippen LogP contribution in [0.15, 0.2) is 6.20 Å². The van der Waals surface area contributed by atoms with Gasteiger partial charge in [-0.15, -0.1) is 0 Å². The molecule has 0 aromatic carbocycles. The van der Waals surface area contributed by atoms with Gasteiger partial charge >= 0.3 is 11.7 Å². The van der Waals surface area contributed by atoms with E-state index in [4.69, 9.17) is 16.3 Å². The van der Waals surface area contributed by atoms with Crippen LogP contribution in [0.3, 0.4) is 0 Å². The van der Waals surface area contributed by atoms with Crippen molar-refractivity contribution in [3.05, 3.63) is 21.6 Å². The van der Waals surface area contributed by atoms with Gasteiger partial charge in [-0.1, -0.05) is 12.8 Å². The molecule has 1 heterocycles. The molecular weight excluding hydrogens is 352 g/mol. The van der Waals surface area contributed by atoms with Crippen molar-refractivity contribution in [3.8, 4) is 0 Å². The topological polar surface area (TPSA) is 119 Å². The molecule has 10 heteroatoms. The summed E-state index contributed by atoms with van der Waals surface area (Å²) in [5.74, 6) is -0.790. The number of aromatic nitrogens is 2. The first kappa shape index (κ1) is 19.3. The number of nitrogens with zero attached hydrogens (tertiary/aromatic N) is 4. The molecule has 0 spiro atoms. The molecule has 1 aromatic heterocycles. The van der Waals surface area contributed by atoms with Crippen molar-refractivity contribution in [1.82, 2.24) is 9.97 Å². The fraction of sp³-hybridized carbons (Fsp3) is 0.667. The fourth-order valence-electron chi connectivity index (χ4n) is 2.96. The summed E-state index contributed by atoms with van der Waals surface area (Å²) in [5.41, 5.74) is -2.17. The molecule has 1 fully saturated rings. The predicted octanol–water partition coefficient (Wildman–Crippen LogP) is 2.10. The number of esters is 1. The van der Waals surface area contributed by atoms with Crippen molar-refractivity contribution in [2.75, 3.05) is 18.1 Å². The van der Waals surface area contributed by atoms with Gasteiger partial charge in [0.25, 0.3) is 0 Å². The maximum Gasteiger partial charge on any atom is 0.339 e. The number of aliphatic hydroxyl groups is 1. The highest BCUT2D eigenvalue weighted by Crippen LogP contribution is 2.34. The van der Waals surface area contributed by atoms with Crippen LogP contribution in [0.2, 0.25) is 5.28 Å². The summed E-state index contributed by atoms with van der Waals surface area (Å²) in [4.78, 5) is 32.0. The van der Waals surface area contributed by atoms with Gasteiger partial charge in [-0.3, -0.25) is 10.1 Å². The molecule has 0 bridgehead atoms. The minimum atomic E-state index is -1.84. The molecule has 25 heavy (non-hydrogen) atoms. The van der Waals surface area contributed by atoms with E-state index in [9.17, 15) is 20.0 Å². The number of carbonyl (C=O) groups excluding carboxylic acids is 1. The van der Waals surface area contributed by atoms with Gasteiger partial charge in [0.1, 0.15) is 6.20 Å². The zero-order chi connectivity index (χ0) is 18.6. The van der Waals surface area contributed by atoms with E-state index in [-0.39, 0.29) is 36.0 Å². The van der Waals surface area contributed by atoms with Crippen molar-refractivity contribution >= 4 is 29.1 Å². The first-order valence-electron chi connectivity index (χ1n) is 8.09. The Morgan fingerprint density at radius 2 is 2.20 bits per heavy atom. The number of rotatable bonds is 7. The third kappa shape index (κ3) is 4.55. The lowest BCUT2D eigenvalue weighted by atomic mass is 10.0. The molecule has 1 aliphatic rings. The Morgan fingerprint density at radius 1 is 1.56 bits per heavy atom. The summed E-state index contributed by atoms with van der Waals surface area (Å²) >= 11 is 5.83. The molecule has 0 aliphatic heterocycles. The predicted molar refractivity (Wildman–Crippen MR) is 90.6 cm³/mol. The molecule has 1 atom stereocenters. The van der Waals surface area contributed by atoms with Gasteiger partial charge in [-0.2, -0.15) is 4.98 Å². The van der Waals surface area contributed by atoms with Crippen molar-refractivity contribution in [2.24, 2.45) is 0 Å². The number of anilines is 1. The van der Waals surface area contributed by atoms with E-state index in [1.165, 1.54) is 6.92 Å². The summed E-state index contributed by atoms with van der Waals surface area (Å²) in [6.07, 6.45) is 4.49. The van der Waals surface area contributed by atoms with Crippen LogP contribution in [0.25, 0.3) is 0 Å². The normalized spacial score (nSPS) is 17.1. The Morgan fingerprint density at radius 3 is 2.76 bits per heavy atom. The van der Waals surface area contributed by atoms with Gasteiger partial charge in [0.2, 0.25) is 11.1 Å². The van der Waals surface area contributed by atoms with E-state index in [0.717, 1.165) is 31.9 Å². The van der Waals surface area contributed by atoms with Gasteiger partial charge < -0.3 is 14.7 Å². The minimum absolute atomic E-state index is 0.00136. The third-order valence-electron chi connectivity index (χ3n) is 4.15. The lowest BCUT2D eigenvalue weighted by Crippen LogP contribution is -2.51. The van der Waals surface area contributed by atoms with E-state index < -0.39 is 16.5 Å². The van der Waals surface area contributed by atoms with Gasteiger partial charge in [0.05, 0.1) is 18.1 Å². The lowest BCUT2D eigenvalue weighted by molar-refractivity contribution is -0.384. The van der Waals surface area contributed by atoms with Crippen LogP contribution in [0.4, 0.5) is 11.5 Å². The highest BCUT2D eigenvalue weighted by molar-refractivity contribution is 6.28. The summed E-state index contributed by atoms with van der Waals surface area (Å²) in [6, 6.07) is -0.0921. The van der Waals surface area contributed by atoms with Crippen LogP contribution in [-0.4, -0.2) is 50.8 Å². The summed E-state index contributed by atoms with van der Waals surface area (Å²) in [7, 11) is 0. The number of carbonyl (C=O) groups is 1. The Kier molecular flexibility index (Phi) is 6.12. The zero-order valence-electron chi connectivity index (χ0n) is 14.1. The van der Waals surface area contributed by atoms with Gasteiger partial charge in [0, 0.05) is 6.04 Å². The molecule has 1 N–H and O–H groups in total. The van der Waals surface area contributed by atoms with Crippen LogP contribution in [-0.2, 0) is 9.53 Å². The second-order valence-electron chi connectivity index (χ2n) is 6.17. The van der Waals surface area contributed by atoms with Gasteiger partial charge in [-0.25, -0.2) is 9.78 Å². The number of ether oxygens (including phenoxy) is 1. The van der Waals surface area contributed by atoms with E-state index in [1.54, 1.807) is 11.8 Å². The van der Waals surface area contributed by atoms with E-state index in [2.05, 4.69) is 9.97 Å². The molecule has 1 aromatic rings. The Balaban J connectivity index is 2.42. The molecular formula is C15H21ClN4O5. The first-order chi connectivity index (χ1) is 11.8. The third-order valence-corrected chi connectivity index (χ3v) is 4.33. The SMILES string of the molecule is CCOC(=O)C(C)(O)CN(c1nc(Cl)ncc1[N+](=O)[O-])C1CCCC1. The Hall–Kier alpha value is -2.00. The van der Waals surface area contributed by atoms with Crippen LogP contribution < -0.4 is 4.90 Å². The smallest absolute Gasteiger partial charge is 0.339 e. The van der Waals surface area contributed by atoms with Crippen molar-refractivity contribution in [3.63, 3.8) is 0 Å². The monoisotopic (exact) mass is 372 g/mol. The number of hydrogen-bond acceptors (Lipinski definition) is 8. The highest BCUT2D eigenvalue weighted by Gasteiger charge is 2.39. The molecule has 138 valence electrons. The minimum Gasteiger partial charge on any atom is -0.464 e. The Labute approximate surface area is 150 Å². The van der Waals surface area contributed by atoms with Crippen molar-refractivity contribution in [1.29, 1.82) is 0 Å². The largest absolute Gasteiger partial charge is 0.464 e. The number of hydrogen-bond donors (Lipinski definition) is 1. The van der Waals surface area contributed by atoms with Gasteiger partial charge in [-0.05, 0) is 38.3 Å². The Bertz CT molecular complexity index is 649. The average Bonchev–Trinajstić information content (AvgIpc) is 3.06. The molecule has 9 nitrogen and oxygen atoms in total. The molecule has 2 rings (SSSR count). The first-order valence-corrected chi connectivity index (χ1v) is 8.47. The van der Waals surface area contributed by atoms with Crippen molar-refractivity contribution in [2.45, 2.75) is 51.2 Å². The van der Waals surface area contributed by atoms with Crippen LogP contribution >= 0.6 is 11.6 Å². The highest BCUT2D eigenvalue weighted by atomic mass is 35.5. The van der Waals surface area contributed by atoms with Crippen LogP contribution in [0, 0.1) is 10.1 Å². The second kappa shape index (κ2) is 7.92. The quantitative estimate of drug-likeness (QED) is 0.334. The maximum atomic E-state index is 12.0. The molecule has 1 saturated carbocycles. The average molecular weight is 373 g/mol. The number of halogens is 1. The van der Waals surface area contributed by atoms with Crippen molar-refractivity contribution < 1.29 is 19.6 Å². The summed E-state index contributed by atoms with van der Waals surface area (Å²) in [6.45, 7) is 2.89. The second-order valence-corrected chi connectivity index (χ2v) is 6.50. The molecule has 0 saturated heterocycles. The van der Waals surface area contributed by atoms with E-state index >= 15 is 0 Å². The summed E-state index contributed by atoms with van der Waals surface area (Å²) in [5, 5.41) is 21.8. The summed E-state index contributed by atoms with van der Waals surface area (Å²) < 4.78 is 4.90. The maximum absolute atomic E-state index is 12.0. The molecule has 1 aliphatic carbocycles. The van der Waals surface area contributed by atoms with Crippen LogP contribution in [0.5, 0.6) is 0 Å². The zero-order valence-corrected chi connectivity index (χ0v) is 14.9. The molecule has 0 amide bonds. The molecule has 0 radical (unpaired) electrons. The van der Waals surface area contributed by atoms with Gasteiger partial charge in [0.15, 0.2) is 5.60 Å². The molecule has 1 unspecified atom stereocenters. The standard InChI is InChI=1S/C15H21ClN4O5/c1-3-25-13(21)15(2,22)9-19(10-6-4-5-7-10)12-11(20(23)24)8-17-14(16)18-12/h8,10,22H,3-7,9H2,1-2H3. The number of nitro groups is 1. The van der Waals surface area contributed by atoms with E-state index in [0.29, 0.717) is 0 Å².